The number of furan rings is 1. The van der Waals surface area contributed by atoms with E-state index in [1.54, 1.807) is 40.5 Å². The third-order valence-electron chi connectivity index (χ3n) is 4.40. The van der Waals surface area contributed by atoms with Crippen LogP contribution < -0.4 is 10.6 Å². The van der Waals surface area contributed by atoms with E-state index in [-0.39, 0.29) is 24.9 Å². The molecule has 2 N–H and O–H groups in total. The van der Waals surface area contributed by atoms with Gasteiger partial charge in [0.1, 0.15) is 11.5 Å². The Morgan fingerprint density at radius 1 is 1.06 bits per heavy atom. The number of rotatable bonds is 8. The number of thiophene rings is 1. The summed E-state index contributed by atoms with van der Waals surface area (Å²) in [7, 11) is 0. The van der Waals surface area contributed by atoms with E-state index in [1.807, 2.05) is 54.0 Å². The van der Waals surface area contributed by atoms with Gasteiger partial charge in [0.05, 0.1) is 29.9 Å². The number of nitrogens with one attached hydrogen (secondary N) is 2. The summed E-state index contributed by atoms with van der Waals surface area (Å²) in [5.41, 5.74) is 2.53. The predicted molar refractivity (Wildman–Crippen MR) is 119 cm³/mol. The number of hydrogen-bond acceptors (Lipinski definition) is 5. The molecule has 1 aromatic carbocycles. The second-order valence-electron chi connectivity index (χ2n) is 6.60. The maximum atomic E-state index is 12.2. The van der Waals surface area contributed by atoms with Gasteiger partial charge in [-0.25, -0.2) is 4.68 Å². The van der Waals surface area contributed by atoms with Crippen molar-refractivity contribution in [2.45, 2.75) is 6.54 Å². The highest BCUT2D eigenvalue weighted by Crippen LogP contribution is 2.28. The molecule has 31 heavy (non-hydrogen) atoms. The number of aromatic nitrogens is 2. The van der Waals surface area contributed by atoms with Gasteiger partial charge in [-0.2, -0.15) is 5.10 Å². The molecule has 0 bridgehead atoms. The van der Waals surface area contributed by atoms with E-state index in [0.717, 1.165) is 21.8 Å². The van der Waals surface area contributed by atoms with Crippen molar-refractivity contribution in [3.63, 3.8) is 0 Å². The average Bonchev–Trinajstić information content (AvgIpc) is 3.56. The summed E-state index contributed by atoms with van der Waals surface area (Å²) < 4.78 is 6.94. The summed E-state index contributed by atoms with van der Waals surface area (Å²) in [6.45, 7) is 0.158. The van der Waals surface area contributed by atoms with Crippen molar-refractivity contribution in [3.05, 3.63) is 89.8 Å². The molecule has 0 atom stereocenters. The van der Waals surface area contributed by atoms with Crippen LogP contribution in [0.1, 0.15) is 11.3 Å². The van der Waals surface area contributed by atoms with Gasteiger partial charge in [-0.15, -0.1) is 11.3 Å². The molecular weight excluding hydrogens is 412 g/mol. The molecule has 8 heteroatoms. The van der Waals surface area contributed by atoms with E-state index in [1.165, 1.54) is 6.08 Å². The number of para-hydroxylation sites is 1. The second-order valence-corrected chi connectivity index (χ2v) is 7.55. The number of benzene rings is 1. The molecule has 0 unspecified atom stereocenters. The van der Waals surface area contributed by atoms with Crippen LogP contribution >= 0.6 is 11.3 Å². The molecule has 4 aromatic rings. The van der Waals surface area contributed by atoms with E-state index >= 15 is 0 Å². The topological polar surface area (TPSA) is 89.2 Å². The fourth-order valence-corrected chi connectivity index (χ4v) is 3.61. The van der Waals surface area contributed by atoms with E-state index in [4.69, 9.17) is 9.52 Å². The van der Waals surface area contributed by atoms with Gasteiger partial charge in [-0.05, 0) is 41.8 Å². The lowest BCUT2D eigenvalue weighted by Crippen LogP contribution is -2.35. The number of amides is 2. The third kappa shape index (κ3) is 5.37. The van der Waals surface area contributed by atoms with Gasteiger partial charge in [-0.3, -0.25) is 9.59 Å². The SMILES string of the molecule is O=C(/C=C/c1cn(-c2ccccc2)nc1-c1cccs1)NCC(=O)NCc1ccco1. The Labute approximate surface area is 183 Å². The predicted octanol–water partition coefficient (Wildman–Crippen LogP) is 3.64. The Hall–Kier alpha value is -3.91. The van der Waals surface area contributed by atoms with Crippen molar-refractivity contribution in [1.29, 1.82) is 0 Å². The molecule has 0 spiro atoms. The molecule has 3 heterocycles. The maximum absolute atomic E-state index is 12.2. The quantitative estimate of drug-likeness (QED) is 0.416. The molecule has 0 aliphatic rings. The summed E-state index contributed by atoms with van der Waals surface area (Å²) >= 11 is 1.58. The Morgan fingerprint density at radius 3 is 2.68 bits per heavy atom. The average molecular weight is 433 g/mol. The van der Waals surface area contributed by atoms with Crippen molar-refractivity contribution in [2.75, 3.05) is 6.54 Å². The first-order chi connectivity index (χ1) is 15.2. The lowest BCUT2D eigenvalue weighted by Gasteiger charge is -2.03. The van der Waals surface area contributed by atoms with Gasteiger partial charge in [0, 0.05) is 17.8 Å². The van der Waals surface area contributed by atoms with Crippen LogP contribution in [0, 0.1) is 0 Å². The standard InChI is InChI=1S/C23H20N4O3S/c28-21(25-15-22(29)24-14-19-8-4-12-30-19)11-10-17-16-27(18-6-2-1-3-7-18)26-23(17)20-9-5-13-31-20/h1-13,16H,14-15H2,(H,24,29)(H,25,28)/b11-10+. The van der Waals surface area contributed by atoms with Crippen LogP contribution in [0.5, 0.6) is 0 Å². The molecule has 0 radical (unpaired) electrons. The van der Waals surface area contributed by atoms with Crippen molar-refractivity contribution >= 4 is 29.2 Å². The summed E-state index contributed by atoms with van der Waals surface area (Å²) in [5, 5.41) is 11.9. The van der Waals surface area contributed by atoms with Crippen molar-refractivity contribution in [2.24, 2.45) is 0 Å². The van der Waals surface area contributed by atoms with Gasteiger partial charge in [0.15, 0.2) is 0 Å². The Kier molecular flexibility index (Phi) is 6.39. The van der Waals surface area contributed by atoms with Crippen LogP contribution in [0.25, 0.3) is 22.3 Å². The molecule has 0 saturated heterocycles. The number of nitrogens with zero attached hydrogens (tertiary/aromatic N) is 2. The third-order valence-corrected chi connectivity index (χ3v) is 5.27. The minimum Gasteiger partial charge on any atom is -0.467 e. The lowest BCUT2D eigenvalue weighted by atomic mass is 10.2. The lowest BCUT2D eigenvalue weighted by molar-refractivity contribution is -0.124. The molecule has 3 aromatic heterocycles. The summed E-state index contributed by atoms with van der Waals surface area (Å²) in [6, 6.07) is 17.2. The van der Waals surface area contributed by atoms with Crippen LogP contribution in [0.15, 0.2) is 82.9 Å². The minimum atomic E-state index is -0.363. The zero-order chi connectivity index (χ0) is 21.5. The minimum absolute atomic E-state index is 0.120. The highest BCUT2D eigenvalue weighted by molar-refractivity contribution is 7.13. The first-order valence-electron chi connectivity index (χ1n) is 9.63. The Morgan fingerprint density at radius 2 is 1.94 bits per heavy atom. The highest BCUT2D eigenvalue weighted by Gasteiger charge is 2.12. The Balaban J connectivity index is 1.41. The maximum Gasteiger partial charge on any atom is 0.244 e. The molecule has 2 amide bonds. The zero-order valence-corrected chi connectivity index (χ0v) is 17.3. The van der Waals surface area contributed by atoms with E-state index in [0.29, 0.717) is 5.76 Å². The smallest absolute Gasteiger partial charge is 0.244 e. The Bertz CT molecular complexity index is 1160. The van der Waals surface area contributed by atoms with E-state index < -0.39 is 0 Å². The second kappa shape index (κ2) is 9.73. The summed E-state index contributed by atoms with van der Waals surface area (Å²) in [5.74, 6) is -0.0110. The summed E-state index contributed by atoms with van der Waals surface area (Å²) in [6.07, 6.45) is 6.53. The summed E-state index contributed by atoms with van der Waals surface area (Å²) in [4.78, 5) is 25.1. The number of carbonyl (C=O) groups is 2. The van der Waals surface area contributed by atoms with Crippen LogP contribution in [-0.4, -0.2) is 28.1 Å². The molecule has 0 fully saturated rings. The fourth-order valence-electron chi connectivity index (χ4n) is 2.88. The van der Waals surface area contributed by atoms with Crippen LogP contribution in [0.3, 0.4) is 0 Å². The molecule has 0 saturated carbocycles. The van der Waals surface area contributed by atoms with Gasteiger partial charge < -0.3 is 15.1 Å². The first kappa shape index (κ1) is 20.4. The van der Waals surface area contributed by atoms with Gasteiger partial charge in [-0.1, -0.05) is 24.3 Å². The van der Waals surface area contributed by atoms with E-state index in [9.17, 15) is 9.59 Å². The first-order valence-corrected chi connectivity index (χ1v) is 10.5. The normalized spacial score (nSPS) is 11.0. The molecule has 0 aliphatic heterocycles. The van der Waals surface area contributed by atoms with Crippen molar-refractivity contribution in [3.8, 4) is 16.3 Å². The van der Waals surface area contributed by atoms with Gasteiger partial charge >= 0.3 is 0 Å². The largest absolute Gasteiger partial charge is 0.467 e. The fraction of sp³-hybridized carbons (Fsp3) is 0.0870. The van der Waals surface area contributed by atoms with Gasteiger partial charge in [0.2, 0.25) is 11.8 Å². The van der Waals surface area contributed by atoms with E-state index in [2.05, 4.69) is 10.6 Å². The van der Waals surface area contributed by atoms with Crippen LogP contribution in [0.4, 0.5) is 0 Å². The monoisotopic (exact) mass is 432 g/mol. The molecular formula is C23H20N4O3S. The van der Waals surface area contributed by atoms with Crippen molar-refractivity contribution in [1.82, 2.24) is 20.4 Å². The molecule has 156 valence electrons. The molecule has 0 aliphatic carbocycles. The molecule has 4 rings (SSSR count). The van der Waals surface area contributed by atoms with Gasteiger partial charge in [0.25, 0.3) is 0 Å². The van der Waals surface area contributed by atoms with Crippen LogP contribution in [-0.2, 0) is 16.1 Å². The van der Waals surface area contributed by atoms with Crippen molar-refractivity contribution < 1.29 is 14.0 Å². The number of carbonyl (C=O) groups excluding carboxylic acids is 2. The molecule has 7 nitrogen and oxygen atoms in total. The zero-order valence-electron chi connectivity index (χ0n) is 16.5. The highest BCUT2D eigenvalue weighted by atomic mass is 32.1. The van der Waals surface area contributed by atoms with Crippen LogP contribution in [0.2, 0.25) is 0 Å². The number of hydrogen-bond donors (Lipinski definition) is 2.